The molecule has 0 fully saturated rings. The topological polar surface area (TPSA) is 90.6 Å². The van der Waals surface area contributed by atoms with E-state index in [4.69, 9.17) is 10.5 Å². The molecule has 0 heterocycles. The first-order valence-electron chi connectivity index (χ1n) is 6.39. The summed E-state index contributed by atoms with van der Waals surface area (Å²) >= 11 is 0. The van der Waals surface area contributed by atoms with Gasteiger partial charge < -0.3 is 20.5 Å². The van der Waals surface area contributed by atoms with Crippen molar-refractivity contribution < 1.29 is 19.1 Å². The van der Waals surface area contributed by atoms with Gasteiger partial charge in [0, 0.05) is 0 Å². The number of nitrogens with two attached hydrogens (primary N) is 1. The summed E-state index contributed by atoms with van der Waals surface area (Å²) in [5, 5.41) is 2.63. The molecule has 0 aromatic rings. The lowest BCUT2D eigenvalue weighted by Gasteiger charge is -2.27. The van der Waals surface area contributed by atoms with E-state index in [9.17, 15) is 9.59 Å². The van der Waals surface area contributed by atoms with Crippen molar-refractivity contribution >= 4 is 12.1 Å². The van der Waals surface area contributed by atoms with Gasteiger partial charge in [-0.05, 0) is 33.1 Å². The van der Waals surface area contributed by atoms with E-state index in [0.717, 1.165) is 0 Å². The normalized spacial score (nSPS) is 14.7. The number of hydrogen-bond donors (Lipinski definition) is 2. The molecule has 0 aliphatic heterocycles. The van der Waals surface area contributed by atoms with Crippen LogP contribution >= 0.6 is 0 Å². The van der Waals surface area contributed by atoms with Crippen LogP contribution in [0.4, 0.5) is 4.79 Å². The summed E-state index contributed by atoms with van der Waals surface area (Å²) < 4.78 is 9.76. The molecule has 0 aliphatic rings. The summed E-state index contributed by atoms with van der Waals surface area (Å²) in [4.78, 5) is 23.2. The number of ether oxygens (including phenoxy) is 2. The molecule has 112 valence electrons. The van der Waals surface area contributed by atoms with Crippen molar-refractivity contribution in [2.24, 2.45) is 11.7 Å². The fraction of sp³-hybridized carbons (Fsp3) is 0.846. The maximum atomic E-state index is 11.7. The van der Waals surface area contributed by atoms with Crippen LogP contribution in [0.15, 0.2) is 0 Å². The van der Waals surface area contributed by atoms with E-state index in [1.807, 2.05) is 13.8 Å². The van der Waals surface area contributed by atoms with Crippen LogP contribution < -0.4 is 11.1 Å². The van der Waals surface area contributed by atoms with Gasteiger partial charge in [-0.2, -0.15) is 0 Å². The van der Waals surface area contributed by atoms with Crippen LogP contribution in [0.3, 0.4) is 0 Å². The lowest BCUT2D eigenvalue weighted by molar-refractivity contribution is -0.142. The van der Waals surface area contributed by atoms with Crippen molar-refractivity contribution in [1.29, 1.82) is 0 Å². The first kappa shape index (κ1) is 17.7. The lowest BCUT2D eigenvalue weighted by Crippen LogP contribution is -2.53. The maximum Gasteiger partial charge on any atom is 0.407 e. The Morgan fingerprint density at radius 1 is 1.26 bits per heavy atom. The van der Waals surface area contributed by atoms with Crippen LogP contribution in [0.2, 0.25) is 0 Å². The summed E-state index contributed by atoms with van der Waals surface area (Å²) in [5.74, 6) is -0.280. The lowest BCUT2D eigenvalue weighted by atomic mass is 9.98. The minimum atomic E-state index is -0.903. The molecule has 2 atom stereocenters. The van der Waals surface area contributed by atoms with Gasteiger partial charge in [-0.3, -0.25) is 4.79 Å². The number of methoxy groups -OCH3 is 1. The van der Waals surface area contributed by atoms with E-state index in [0.29, 0.717) is 6.42 Å². The molecule has 0 radical (unpaired) electrons. The van der Waals surface area contributed by atoms with E-state index >= 15 is 0 Å². The van der Waals surface area contributed by atoms with E-state index in [-0.39, 0.29) is 5.92 Å². The Hall–Kier alpha value is -1.30. The quantitative estimate of drug-likeness (QED) is 0.740. The van der Waals surface area contributed by atoms with Crippen LogP contribution in [0.5, 0.6) is 0 Å². The fourth-order valence-electron chi connectivity index (χ4n) is 1.56. The van der Waals surface area contributed by atoms with Gasteiger partial charge in [0.2, 0.25) is 0 Å². The molecule has 0 saturated carbocycles. The number of rotatable bonds is 5. The maximum absolute atomic E-state index is 11.7. The van der Waals surface area contributed by atoms with E-state index in [2.05, 4.69) is 10.1 Å². The molecule has 0 spiro atoms. The van der Waals surface area contributed by atoms with Gasteiger partial charge in [0.05, 0.1) is 13.2 Å². The van der Waals surface area contributed by atoms with Gasteiger partial charge in [-0.15, -0.1) is 0 Å². The zero-order valence-electron chi connectivity index (χ0n) is 12.6. The summed E-state index contributed by atoms with van der Waals surface area (Å²) in [6.45, 7) is 9.26. The van der Waals surface area contributed by atoms with E-state index in [1.54, 1.807) is 20.8 Å². The molecule has 0 unspecified atom stereocenters. The van der Waals surface area contributed by atoms with Gasteiger partial charge >= 0.3 is 12.1 Å². The summed E-state index contributed by atoms with van der Waals surface area (Å²) in [6, 6.07) is -1.41. The number of hydrogen-bond acceptors (Lipinski definition) is 5. The van der Waals surface area contributed by atoms with Crippen molar-refractivity contribution in [1.82, 2.24) is 5.32 Å². The van der Waals surface area contributed by atoms with Crippen LogP contribution in [-0.4, -0.2) is 36.9 Å². The largest absolute Gasteiger partial charge is 0.468 e. The van der Waals surface area contributed by atoms with E-state index < -0.39 is 29.7 Å². The van der Waals surface area contributed by atoms with Crippen LogP contribution in [0, 0.1) is 5.92 Å². The minimum Gasteiger partial charge on any atom is -0.468 e. The fourth-order valence-corrected chi connectivity index (χ4v) is 1.56. The molecular weight excluding hydrogens is 248 g/mol. The smallest absolute Gasteiger partial charge is 0.407 e. The van der Waals surface area contributed by atoms with Gasteiger partial charge in [0.25, 0.3) is 0 Å². The van der Waals surface area contributed by atoms with Crippen molar-refractivity contribution in [3.05, 3.63) is 0 Å². The predicted octanol–water partition coefficient (Wildman–Crippen LogP) is 1.43. The number of nitrogens with one attached hydrogen (secondary N) is 1. The number of carbonyl (C=O) groups excluding carboxylic acids is 2. The van der Waals surface area contributed by atoms with Crippen LogP contribution in [-0.2, 0) is 14.3 Å². The Kier molecular flexibility index (Phi) is 6.83. The first-order chi connectivity index (χ1) is 8.56. The van der Waals surface area contributed by atoms with Crippen molar-refractivity contribution in [3.63, 3.8) is 0 Å². The number of alkyl carbamates (subject to hydrolysis) is 1. The summed E-state index contributed by atoms with van der Waals surface area (Å²) in [6.07, 6.45) is -0.0207. The van der Waals surface area contributed by atoms with Gasteiger partial charge in [-0.25, -0.2) is 4.79 Å². The Bertz CT molecular complexity index is 310. The molecule has 19 heavy (non-hydrogen) atoms. The van der Waals surface area contributed by atoms with E-state index in [1.165, 1.54) is 7.11 Å². The number of esters is 1. The highest BCUT2D eigenvalue weighted by Crippen LogP contribution is 2.11. The Morgan fingerprint density at radius 2 is 1.79 bits per heavy atom. The molecule has 1 amide bonds. The molecule has 0 bridgehead atoms. The predicted molar refractivity (Wildman–Crippen MR) is 72.6 cm³/mol. The minimum absolute atomic E-state index is 0.274. The average Bonchev–Trinajstić information content (AvgIpc) is 2.22. The number of carbonyl (C=O) groups is 2. The zero-order chi connectivity index (χ0) is 15.2. The summed E-state index contributed by atoms with van der Waals surface area (Å²) in [7, 11) is 1.27. The standard InChI is InChI=1S/C13H26N2O4/c1-8(2)7-9(10(14)11(16)18-6)15-12(17)19-13(3,4)5/h8-10H,7,14H2,1-6H3,(H,15,17)/t9-,10+/m0/s1. The third-order valence-electron chi connectivity index (χ3n) is 2.33. The molecule has 6 heteroatoms. The third-order valence-corrected chi connectivity index (χ3v) is 2.33. The van der Waals surface area contributed by atoms with Crippen molar-refractivity contribution in [3.8, 4) is 0 Å². The van der Waals surface area contributed by atoms with Crippen molar-refractivity contribution in [2.45, 2.75) is 58.7 Å². The van der Waals surface area contributed by atoms with Gasteiger partial charge in [0.15, 0.2) is 0 Å². The van der Waals surface area contributed by atoms with Gasteiger partial charge in [0.1, 0.15) is 11.6 Å². The molecular formula is C13H26N2O4. The summed E-state index contributed by atoms with van der Waals surface area (Å²) in [5.41, 5.74) is 5.19. The second-order valence-electron chi connectivity index (χ2n) is 5.93. The van der Waals surface area contributed by atoms with Gasteiger partial charge in [-0.1, -0.05) is 13.8 Å². The second kappa shape index (κ2) is 7.33. The van der Waals surface area contributed by atoms with Crippen LogP contribution in [0.1, 0.15) is 41.0 Å². The van der Waals surface area contributed by atoms with Crippen molar-refractivity contribution in [2.75, 3.05) is 7.11 Å². The second-order valence-corrected chi connectivity index (χ2v) is 5.93. The highest BCUT2D eigenvalue weighted by molar-refractivity contribution is 5.77. The Morgan fingerprint density at radius 3 is 2.16 bits per heavy atom. The molecule has 3 N–H and O–H groups in total. The van der Waals surface area contributed by atoms with Crippen LogP contribution in [0.25, 0.3) is 0 Å². The highest BCUT2D eigenvalue weighted by atomic mass is 16.6. The molecule has 0 rings (SSSR count). The highest BCUT2D eigenvalue weighted by Gasteiger charge is 2.29. The third kappa shape index (κ3) is 7.66. The molecule has 0 saturated heterocycles. The molecule has 6 nitrogen and oxygen atoms in total. The molecule has 0 aromatic carbocycles. The zero-order valence-corrected chi connectivity index (χ0v) is 12.6. The average molecular weight is 274 g/mol. The monoisotopic (exact) mass is 274 g/mol. The molecule has 0 aliphatic carbocycles. The molecule has 0 aromatic heterocycles. The Balaban J connectivity index is 4.68. The number of amides is 1. The Labute approximate surface area is 115 Å². The first-order valence-corrected chi connectivity index (χ1v) is 6.39. The SMILES string of the molecule is COC(=O)[C@H](N)[C@H](CC(C)C)NC(=O)OC(C)(C)C.